The second-order valence-corrected chi connectivity index (χ2v) is 6.98. The quantitative estimate of drug-likeness (QED) is 0.609. The molecule has 3 nitrogen and oxygen atoms in total. The van der Waals surface area contributed by atoms with Gasteiger partial charge in [0.05, 0.1) is 14.2 Å². The molecule has 2 rings (SSSR count). The summed E-state index contributed by atoms with van der Waals surface area (Å²) in [5.41, 5.74) is 4.13. The molecule has 1 aromatic carbocycles. The first-order chi connectivity index (χ1) is 10.1. The number of benzene rings is 1. The SMILES string of the molecule is COc1c(C)cc(C)c(OC)c1C(=O)P[C]1CCCCC1.[LiH]. The molecule has 0 saturated heterocycles. The first-order valence-corrected chi connectivity index (χ1v) is 8.46. The van der Waals surface area contributed by atoms with Crippen LogP contribution < -0.4 is 9.47 Å². The topological polar surface area (TPSA) is 35.5 Å². The summed E-state index contributed by atoms with van der Waals surface area (Å²) in [6.45, 7) is 3.94. The molecular weight excluding hydrogens is 290 g/mol. The standard InChI is InChI=1S/C17H24O3P.Li.H/c1-11-10-12(2)16(20-4)14(15(11)19-3)17(18)21-13-8-6-5-7-9-13;;/h10,21H,5-9H2,1-4H3;;. The fraction of sp³-hybridized carbons (Fsp3) is 0.529. The predicted molar refractivity (Wildman–Crippen MR) is 95.1 cm³/mol. The van der Waals surface area contributed by atoms with Gasteiger partial charge >= 0.3 is 18.9 Å². The Balaban J connectivity index is 0.00000242. The fourth-order valence-corrected chi connectivity index (χ4v) is 4.29. The Hall–Kier alpha value is -0.483. The summed E-state index contributed by atoms with van der Waals surface area (Å²) >= 11 is 0. The number of methoxy groups -OCH3 is 2. The van der Waals surface area contributed by atoms with Gasteiger partial charge in [-0.05, 0) is 52.5 Å². The molecule has 1 fully saturated rings. The first kappa shape index (κ1) is 19.6. The molecule has 22 heavy (non-hydrogen) atoms. The van der Waals surface area contributed by atoms with Crippen LogP contribution in [0.2, 0.25) is 0 Å². The van der Waals surface area contributed by atoms with E-state index in [2.05, 4.69) is 0 Å². The summed E-state index contributed by atoms with van der Waals surface area (Å²) in [7, 11) is 3.47. The minimum absolute atomic E-state index is 0. The number of carbonyl (C=O) groups is 1. The molecular formula is C17H25LiO3P. The molecule has 0 amide bonds. The van der Waals surface area contributed by atoms with Crippen molar-refractivity contribution in [1.29, 1.82) is 0 Å². The second-order valence-electron chi connectivity index (χ2n) is 5.57. The van der Waals surface area contributed by atoms with E-state index in [1.807, 2.05) is 19.9 Å². The van der Waals surface area contributed by atoms with Crippen LogP contribution in [0.15, 0.2) is 6.07 Å². The van der Waals surface area contributed by atoms with E-state index in [0.717, 1.165) is 24.0 Å². The summed E-state index contributed by atoms with van der Waals surface area (Å²) in [5, 5.41) is 0. The van der Waals surface area contributed by atoms with Gasteiger partial charge in [0.25, 0.3) is 0 Å². The molecule has 0 heterocycles. The molecule has 1 aromatic rings. The van der Waals surface area contributed by atoms with Gasteiger partial charge in [-0.2, -0.15) is 0 Å². The fourth-order valence-electron chi connectivity index (χ4n) is 3.01. The molecule has 1 aliphatic rings. The van der Waals surface area contributed by atoms with Crippen LogP contribution in [0.25, 0.3) is 0 Å². The van der Waals surface area contributed by atoms with Gasteiger partial charge in [0.2, 0.25) is 0 Å². The Morgan fingerprint density at radius 2 is 1.50 bits per heavy atom. The number of aryl methyl sites for hydroxylation is 2. The number of rotatable bonds is 5. The van der Waals surface area contributed by atoms with Crippen LogP contribution in [-0.4, -0.2) is 38.6 Å². The average molecular weight is 315 g/mol. The van der Waals surface area contributed by atoms with Gasteiger partial charge in [0.1, 0.15) is 17.1 Å². The van der Waals surface area contributed by atoms with Crippen molar-refractivity contribution >= 4 is 33.0 Å². The van der Waals surface area contributed by atoms with Crippen LogP contribution in [-0.2, 0) is 0 Å². The zero-order valence-electron chi connectivity index (χ0n) is 13.3. The number of carbonyl (C=O) groups excluding carboxylic acids is 1. The van der Waals surface area contributed by atoms with Crippen LogP contribution in [0, 0.1) is 19.5 Å². The summed E-state index contributed by atoms with van der Waals surface area (Å²) in [6.07, 6.45) is 5.92. The van der Waals surface area contributed by atoms with E-state index in [1.165, 1.54) is 24.9 Å². The molecule has 1 atom stereocenters. The Labute approximate surface area is 147 Å². The molecule has 0 spiro atoms. The van der Waals surface area contributed by atoms with Gasteiger partial charge in [-0.25, -0.2) is 0 Å². The van der Waals surface area contributed by atoms with Crippen molar-refractivity contribution in [3.05, 3.63) is 28.4 Å². The predicted octanol–water partition coefficient (Wildman–Crippen LogP) is 3.99. The number of hydrogen-bond donors (Lipinski definition) is 0. The van der Waals surface area contributed by atoms with Crippen molar-refractivity contribution in [1.82, 2.24) is 0 Å². The Bertz CT molecular complexity index is 497. The van der Waals surface area contributed by atoms with Crippen molar-refractivity contribution in [2.75, 3.05) is 14.2 Å². The van der Waals surface area contributed by atoms with Crippen LogP contribution in [0.5, 0.6) is 11.5 Å². The molecule has 1 saturated carbocycles. The monoisotopic (exact) mass is 315 g/mol. The first-order valence-electron chi connectivity index (χ1n) is 7.46. The summed E-state index contributed by atoms with van der Waals surface area (Å²) in [4.78, 5) is 12.8. The maximum absolute atomic E-state index is 12.8. The van der Waals surface area contributed by atoms with Gasteiger partial charge in [-0.3, -0.25) is 4.79 Å². The van der Waals surface area contributed by atoms with E-state index in [9.17, 15) is 4.79 Å². The molecule has 1 aliphatic carbocycles. The van der Waals surface area contributed by atoms with Gasteiger partial charge in [-0.15, -0.1) is 0 Å². The Kier molecular flexibility index (Phi) is 7.98. The van der Waals surface area contributed by atoms with E-state index in [0.29, 0.717) is 17.1 Å². The van der Waals surface area contributed by atoms with Gasteiger partial charge in [-0.1, -0.05) is 19.3 Å². The summed E-state index contributed by atoms with van der Waals surface area (Å²) in [6, 6.07) is 2.01. The van der Waals surface area contributed by atoms with Crippen molar-refractivity contribution in [2.45, 2.75) is 46.0 Å². The van der Waals surface area contributed by atoms with Gasteiger partial charge < -0.3 is 9.47 Å². The van der Waals surface area contributed by atoms with E-state index >= 15 is 0 Å². The molecule has 5 heteroatoms. The molecule has 1 radical (unpaired) electrons. The third-order valence-electron chi connectivity index (χ3n) is 3.99. The molecule has 0 bridgehead atoms. The van der Waals surface area contributed by atoms with Crippen LogP contribution in [0.4, 0.5) is 0 Å². The van der Waals surface area contributed by atoms with Crippen LogP contribution in [0.3, 0.4) is 0 Å². The summed E-state index contributed by atoms with van der Waals surface area (Å²) in [5.74, 6) is 1.32. The summed E-state index contributed by atoms with van der Waals surface area (Å²) < 4.78 is 11.0. The third kappa shape index (κ3) is 4.29. The molecule has 0 aliphatic heterocycles. The van der Waals surface area contributed by atoms with Crippen LogP contribution in [0.1, 0.15) is 53.6 Å². The molecule has 1 unspecified atom stereocenters. The molecule has 117 valence electrons. The zero-order valence-corrected chi connectivity index (χ0v) is 14.3. The van der Waals surface area contributed by atoms with Crippen molar-refractivity contribution < 1.29 is 14.3 Å². The van der Waals surface area contributed by atoms with Crippen LogP contribution >= 0.6 is 8.58 Å². The van der Waals surface area contributed by atoms with E-state index < -0.39 is 0 Å². The normalized spacial score (nSPS) is 15.6. The van der Waals surface area contributed by atoms with Gasteiger partial charge in [0.15, 0.2) is 5.52 Å². The number of ether oxygens (including phenoxy) is 2. The van der Waals surface area contributed by atoms with E-state index in [-0.39, 0.29) is 33.0 Å². The number of hydrogen-bond acceptors (Lipinski definition) is 3. The van der Waals surface area contributed by atoms with E-state index in [1.54, 1.807) is 14.2 Å². The van der Waals surface area contributed by atoms with Crippen molar-refractivity contribution in [3.63, 3.8) is 0 Å². The Morgan fingerprint density at radius 3 is 1.95 bits per heavy atom. The molecule has 0 N–H and O–H groups in total. The van der Waals surface area contributed by atoms with E-state index in [4.69, 9.17) is 9.47 Å². The zero-order chi connectivity index (χ0) is 15.4. The van der Waals surface area contributed by atoms with Crippen molar-refractivity contribution in [2.24, 2.45) is 0 Å². The molecule has 0 aromatic heterocycles. The van der Waals surface area contributed by atoms with Crippen molar-refractivity contribution in [3.8, 4) is 11.5 Å². The average Bonchev–Trinajstić information content (AvgIpc) is 2.47. The minimum atomic E-state index is 0. The second kappa shape index (κ2) is 8.97. The maximum atomic E-state index is 12.8. The van der Waals surface area contributed by atoms with Gasteiger partial charge in [0, 0.05) is 5.66 Å². The Morgan fingerprint density at radius 1 is 1.00 bits per heavy atom. The third-order valence-corrected chi connectivity index (χ3v) is 5.32.